The van der Waals surface area contributed by atoms with Crippen LogP contribution in [0, 0.1) is 5.82 Å². The molecule has 2 aromatic heterocycles. The van der Waals surface area contributed by atoms with Crippen LogP contribution in [-0.4, -0.2) is 26.1 Å². The quantitative estimate of drug-likeness (QED) is 0.512. The zero-order chi connectivity index (χ0) is 21.4. The summed E-state index contributed by atoms with van der Waals surface area (Å²) in [6, 6.07) is 10.1. The predicted molar refractivity (Wildman–Crippen MR) is 107 cm³/mol. The first-order chi connectivity index (χ1) is 14.4. The average molecular weight is 414 g/mol. The van der Waals surface area contributed by atoms with Crippen molar-refractivity contribution >= 4 is 22.8 Å². The van der Waals surface area contributed by atoms with E-state index in [1.807, 2.05) is 6.92 Å². The number of anilines is 2. The van der Waals surface area contributed by atoms with Gasteiger partial charge in [-0.1, -0.05) is 19.1 Å². The molecule has 0 unspecified atom stereocenters. The molecule has 0 radical (unpaired) electrons. The molecule has 4 aromatic rings. The maximum atomic E-state index is 14.0. The largest absolute Gasteiger partial charge is 0.435 e. The van der Waals surface area contributed by atoms with E-state index < -0.39 is 12.4 Å². The molecule has 0 saturated carbocycles. The second-order valence-electron chi connectivity index (χ2n) is 6.42. The van der Waals surface area contributed by atoms with Gasteiger partial charge in [-0.2, -0.15) is 18.7 Å². The third-order valence-electron chi connectivity index (χ3n) is 4.52. The molecule has 4 N–H and O–H groups in total. The summed E-state index contributed by atoms with van der Waals surface area (Å²) < 4.78 is 44.9. The number of imidazole rings is 1. The number of nitrogens with zero attached hydrogens (tertiary/aromatic N) is 4. The lowest BCUT2D eigenvalue weighted by Gasteiger charge is -2.15. The van der Waals surface area contributed by atoms with Crippen LogP contribution in [0.15, 0.2) is 42.5 Å². The topological polar surface area (TPSA) is 105 Å². The highest BCUT2D eigenvalue weighted by molar-refractivity contribution is 5.85. The highest BCUT2D eigenvalue weighted by Crippen LogP contribution is 2.34. The molecule has 0 saturated heterocycles. The van der Waals surface area contributed by atoms with Gasteiger partial charge in [0, 0.05) is 12.5 Å². The van der Waals surface area contributed by atoms with Crippen molar-refractivity contribution in [1.82, 2.24) is 19.5 Å². The van der Waals surface area contributed by atoms with Gasteiger partial charge in [0.25, 0.3) is 0 Å². The van der Waals surface area contributed by atoms with E-state index in [1.54, 1.807) is 22.8 Å². The Balaban J connectivity index is 1.96. The smallest absolute Gasteiger partial charge is 0.387 e. The molecule has 0 fully saturated rings. The van der Waals surface area contributed by atoms with Crippen molar-refractivity contribution in [2.24, 2.45) is 0 Å². The average Bonchev–Trinajstić information content (AvgIpc) is 3.05. The molecule has 0 amide bonds. The van der Waals surface area contributed by atoms with Crippen LogP contribution >= 0.6 is 0 Å². The van der Waals surface area contributed by atoms with Crippen molar-refractivity contribution in [3.05, 3.63) is 54.1 Å². The van der Waals surface area contributed by atoms with Crippen LogP contribution in [0.25, 0.3) is 28.0 Å². The normalized spacial score (nSPS) is 11.4. The summed E-state index contributed by atoms with van der Waals surface area (Å²) in [4.78, 5) is 12.9. The Morgan fingerprint density at radius 1 is 1.03 bits per heavy atom. The number of benzene rings is 2. The number of alkyl halides is 2. The Morgan fingerprint density at radius 3 is 2.43 bits per heavy atom. The van der Waals surface area contributed by atoms with Crippen LogP contribution in [-0.2, 0) is 6.42 Å². The molecular formula is C20H17F3N6O. The Hall–Kier alpha value is -3.82. The number of nitrogen functional groups attached to an aromatic ring is 2. The molecule has 0 aliphatic carbocycles. The van der Waals surface area contributed by atoms with Gasteiger partial charge in [-0.05, 0) is 29.8 Å². The fourth-order valence-electron chi connectivity index (χ4n) is 3.30. The Labute approximate surface area is 169 Å². The third-order valence-corrected chi connectivity index (χ3v) is 4.52. The zero-order valence-electron chi connectivity index (χ0n) is 15.8. The van der Waals surface area contributed by atoms with Gasteiger partial charge in [-0.3, -0.25) is 4.57 Å². The van der Waals surface area contributed by atoms with Crippen LogP contribution in [0.5, 0.6) is 5.75 Å². The summed E-state index contributed by atoms with van der Waals surface area (Å²) >= 11 is 0. The lowest BCUT2D eigenvalue weighted by molar-refractivity contribution is -0.0498. The molecule has 2 aromatic carbocycles. The maximum Gasteiger partial charge on any atom is 0.387 e. The fraction of sp³-hybridized carbons (Fsp3) is 0.150. The van der Waals surface area contributed by atoms with Crippen molar-refractivity contribution in [3.8, 4) is 22.7 Å². The van der Waals surface area contributed by atoms with E-state index in [9.17, 15) is 13.2 Å². The number of ether oxygens (including phenoxy) is 1. The van der Waals surface area contributed by atoms with Crippen molar-refractivity contribution in [2.45, 2.75) is 20.0 Å². The van der Waals surface area contributed by atoms with Crippen molar-refractivity contribution in [1.29, 1.82) is 0 Å². The Bertz CT molecular complexity index is 1220. The van der Waals surface area contributed by atoms with Gasteiger partial charge in [0.15, 0.2) is 5.82 Å². The monoisotopic (exact) mass is 414 g/mol. The Kier molecular flexibility index (Phi) is 4.90. The lowest BCUT2D eigenvalue weighted by atomic mass is 10.1. The summed E-state index contributed by atoms with van der Waals surface area (Å²) in [7, 11) is 0. The summed E-state index contributed by atoms with van der Waals surface area (Å²) in [5.74, 6) is 0.509. The standard InChI is InChI=1S/C20H17F3N6O/c1-2-15-26-13-8-5-11(21)9-14(13)29(15)18-16(17(24)27-20(25)28-18)10-3-6-12(7-4-10)30-19(22)23/h3-9,19H,2H2,1H3,(H4,24,25,27,28). The van der Waals surface area contributed by atoms with Gasteiger partial charge >= 0.3 is 6.61 Å². The molecule has 30 heavy (non-hydrogen) atoms. The highest BCUT2D eigenvalue weighted by Gasteiger charge is 2.21. The fourth-order valence-corrected chi connectivity index (χ4v) is 3.30. The van der Waals surface area contributed by atoms with E-state index in [1.165, 1.54) is 24.3 Å². The third kappa shape index (κ3) is 3.47. The minimum atomic E-state index is -2.93. The molecule has 2 heterocycles. The second-order valence-corrected chi connectivity index (χ2v) is 6.42. The summed E-state index contributed by atoms with van der Waals surface area (Å²) in [6.45, 7) is -1.03. The summed E-state index contributed by atoms with van der Waals surface area (Å²) in [6.07, 6.45) is 0.528. The van der Waals surface area contributed by atoms with E-state index in [-0.39, 0.29) is 17.5 Å². The molecular weight excluding hydrogens is 397 g/mol. The van der Waals surface area contributed by atoms with E-state index in [0.29, 0.717) is 40.2 Å². The first kappa shape index (κ1) is 19.5. The number of rotatable bonds is 5. The van der Waals surface area contributed by atoms with Gasteiger partial charge in [-0.15, -0.1) is 0 Å². The van der Waals surface area contributed by atoms with E-state index in [4.69, 9.17) is 11.5 Å². The number of hydrogen-bond donors (Lipinski definition) is 2. The van der Waals surface area contributed by atoms with E-state index in [2.05, 4.69) is 19.7 Å². The van der Waals surface area contributed by atoms with Gasteiger partial charge < -0.3 is 16.2 Å². The molecule has 154 valence electrons. The summed E-state index contributed by atoms with van der Waals surface area (Å²) in [5.41, 5.74) is 14.0. The predicted octanol–water partition coefficient (Wildman–Crippen LogP) is 3.95. The first-order valence-electron chi connectivity index (χ1n) is 9.03. The minimum absolute atomic E-state index is 0.00497. The molecule has 4 rings (SSSR count). The first-order valence-corrected chi connectivity index (χ1v) is 9.03. The van der Waals surface area contributed by atoms with Crippen LogP contribution in [0.2, 0.25) is 0 Å². The molecule has 0 bridgehead atoms. The highest BCUT2D eigenvalue weighted by atomic mass is 19.3. The Morgan fingerprint density at radius 2 is 1.77 bits per heavy atom. The minimum Gasteiger partial charge on any atom is -0.435 e. The van der Waals surface area contributed by atoms with Crippen molar-refractivity contribution in [3.63, 3.8) is 0 Å². The molecule has 0 spiro atoms. The van der Waals surface area contributed by atoms with Crippen LogP contribution in [0.4, 0.5) is 24.9 Å². The number of nitrogens with two attached hydrogens (primary N) is 2. The number of aromatic nitrogens is 4. The van der Waals surface area contributed by atoms with Gasteiger partial charge in [-0.25, -0.2) is 9.37 Å². The van der Waals surface area contributed by atoms with Gasteiger partial charge in [0.1, 0.15) is 23.2 Å². The van der Waals surface area contributed by atoms with Crippen LogP contribution in [0.1, 0.15) is 12.7 Å². The number of aryl methyl sites for hydroxylation is 1. The lowest BCUT2D eigenvalue weighted by Crippen LogP contribution is -2.11. The van der Waals surface area contributed by atoms with E-state index >= 15 is 0 Å². The SMILES string of the molecule is CCc1nc2ccc(F)cc2n1-c1nc(N)nc(N)c1-c1ccc(OC(F)F)cc1. The van der Waals surface area contributed by atoms with Crippen molar-refractivity contribution in [2.75, 3.05) is 11.5 Å². The molecule has 0 aliphatic rings. The molecule has 7 nitrogen and oxygen atoms in total. The van der Waals surface area contributed by atoms with Crippen molar-refractivity contribution < 1.29 is 17.9 Å². The second kappa shape index (κ2) is 7.54. The van der Waals surface area contributed by atoms with Crippen LogP contribution in [0.3, 0.4) is 0 Å². The van der Waals surface area contributed by atoms with E-state index in [0.717, 1.165) is 0 Å². The van der Waals surface area contributed by atoms with Crippen LogP contribution < -0.4 is 16.2 Å². The number of halogens is 3. The number of fused-ring (bicyclic) bond motifs is 1. The maximum absolute atomic E-state index is 14.0. The molecule has 0 aliphatic heterocycles. The zero-order valence-corrected chi connectivity index (χ0v) is 15.8. The van der Waals surface area contributed by atoms with Gasteiger partial charge in [0.2, 0.25) is 5.95 Å². The number of hydrogen-bond acceptors (Lipinski definition) is 6. The summed E-state index contributed by atoms with van der Waals surface area (Å²) in [5, 5.41) is 0. The molecule has 10 heteroatoms. The molecule has 0 atom stereocenters. The van der Waals surface area contributed by atoms with Gasteiger partial charge in [0.05, 0.1) is 16.6 Å².